The predicted molar refractivity (Wildman–Crippen MR) is 104 cm³/mol. The number of hydrogen-bond donors (Lipinski definition) is 2. The molecule has 0 saturated carbocycles. The fourth-order valence-corrected chi connectivity index (χ4v) is 3.31. The summed E-state index contributed by atoms with van der Waals surface area (Å²) in [6.45, 7) is 3.73. The summed E-state index contributed by atoms with van der Waals surface area (Å²) < 4.78 is 25.4. The average Bonchev–Trinajstić information content (AvgIpc) is 2.58. The fraction of sp³-hybridized carbons (Fsp3) is 0.158. The monoisotopic (exact) mass is 369 g/mol. The minimum Gasteiger partial charge on any atom is -0.321 e. The molecule has 1 amide bonds. The van der Waals surface area contributed by atoms with E-state index in [1.54, 1.807) is 25.3 Å². The number of carbonyl (C=O) groups excluding carboxylic acids is 1. The van der Waals surface area contributed by atoms with Crippen LogP contribution in [0.25, 0.3) is 10.9 Å². The van der Waals surface area contributed by atoms with Crippen LogP contribution in [0.1, 0.15) is 21.5 Å². The second-order valence-electron chi connectivity index (χ2n) is 6.19. The quantitative estimate of drug-likeness (QED) is 0.737. The van der Waals surface area contributed by atoms with Crippen LogP contribution in [0.4, 0.5) is 11.4 Å². The first-order valence-corrected chi connectivity index (χ1v) is 9.88. The molecule has 0 spiro atoms. The standard InChI is InChI=1S/C19H19N3O3S/c1-12-6-8-14(11-17(12)22-26(3,24)25)19(23)21-16-9-7-13(2)18-15(16)5-4-10-20-18/h4-11,22H,1-3H3,(H,21,23). The van der Waals surface area contributed by atoms with Crippen molar-refractivity contribution in [3.05, 3.63) is 65.4 Å². The Hall–Kier alpha value is -2.93. The summed E-state index contributed by atoms with van der Waals surface area (Å²) in [5, 5.41) is 3.73. The average molecular weight is 369 g/mol. The molecule has 0 fully saturated rings. The molecule has 0 aliphatic rings. The Morgan fingerprint density at radius 2 is 1.73 bits per heavy atom. The zero-order valence-corrected chi connectivity index (χ0v) is 15.5. The molecular weight excluding hydrogens is 350 g/mol. The number of nitrogens with one attached hydrogen (secondary N) is 2. The van der Waals surface area contributed by atoms with E-state index in [1.165, 1.54) is 6.07 Å². The van der Waals surface area contributed by atoms with Gasteiger partial charge in [-0.15, -0.1) is 0 Å². The number of aromatic nitrogens is 1. The van der Waals surface area contributed by atoms with Crippen LogP contribution < -0.4 is 10.0 Å². The van der Waals surface area contributed by atoms with Crippen molar-refractivity contribution in [3.8, 4) is 0 Å². The third-order valence-corrected chi connectivity index (χ3v) is 4.61. The maximum Gasteiger partial charge on any atom is 0.255 e. The Morgan fingerprint density at radius 3 is 2.46 bits per heavy atom. The van der Waals surface area contributed by atoms with E-state index in [2.05, 4.69) is 15.0 Å². The Kier molecular flexibility index (Phi) is 4.65. The molecule has 0 saturated heterocycles. The largest absolute Gasteiger partial charge is 0.321 e. The lowest BCUT2D eigenvalue weighted by Gasteiger charge is -2.12. The molecule has 3 rings (SSSR count). The third-order valence-electron chi connectivity index (χ3n) is 4.01. The van der Waals surface area contributed by atoms with E-state index in [0.29, 0.717) is 16.9 Å². The number of anilines is 2. The zero-order chi connectivity index (χ0) is 18.9. The van der Waals surface area contributed by atoms with E-state index in [-0.39, 0.29) is 5.91 Å². The van der Waals surface area contributed by atoms with Gasteiger partial charge in [-0.1, -0.05) is 12.1 Å². The first-order chi connectivity index (χ1) is 12.2. The minimum absolute atomic E-state index is 0.324. The summed E-state index contributed by atoms with van der Waals surface area (Å²) in [7, 11) is -3.42. The molecule has 1 heterocycles. The van der Waals surface area contributed by atoms with Gasteiger partial charge in [0.25, 0.3) is 5.91 Å². The lowest BCUT2D eigenvalue weighted by atomic mass is 10.1. The van der Waals surface area contributed by atoms with E-state index >= 15 is 0 Å². The minimum atomic E-state index is -3.42. The van der Waals surface area contributed by atoms with Crippen LogP contribution in [-0.2, 0) is 10.0 Å². The van der Waals surface area contributed by atoms with Gasteiger partial charge in [-0.2, -0.15) is 0 Å². The number of sulfonamides is 1. The van der Waals surface area contributed by atoms with Crippen LogP contribution in [0.3, 0.4) is 0 Å². The van der Waals surface area contributed by atoms with E-state index in [0.717, 1.165) is 28.3 Å². The molecule has 26 heavy (non-hydrogen) atoms. The summed E-state index contributed by atoms with van der Waals surface area (Å²) in [4.78, 5) is 17.0. The summed E-state index contributed by atoms with van der Waals surface area (Å²) in [6, 6.07) is 12.3. The molecule has 0 atom stereocenters. The SMILES string of the molecule is Cc1ccc(C(=O)Nc2ccc(C)c3ncccc23)cc1NS(C)(=O)=O. The van der Waals surface area contributed by atoms with Crippen molar-refractivity contribution in [1.29, 1.82) is 0 Å². The highest BCUT2D eigenvalue weighted by Gasteiger charge is 2.13. The molecular formula is C19H19N3O3S. The number of amides is 1. The van der Waals surface area contributed by atoms with Gasteiger partial charge in [0.2, 0.25) is 10.0 Å². The van der Waals surface area contributed by atoms with Gasteiger partial charge in [-0.3, -0.25) is 14.5 Å². The van der Waals surface area contributed by atoms with E-state index in [9.17, 15) is 13.2 Å². The van der Waals surface area contributed by atoms with Crippen LogP contribution in [0.2, 0.25) is 0 Å². The number of fused-ring (bicyclic) bond motifs is 1. The van der Waals surface area contributed by atoms with Gasteiger partial charge in [0, 0.05) is 17.1 Å². The van der Waals surface area contributed by atoms with Crippen molar-refractivity contribution < 1.29 is 13.2 Å². The highest BCUT2D eigenvalue weighted by Crippen LogP contribution is 2.25. The van der Waals surface area contributed by atoms with Gasteiger partial charge in [0.05, 0.1) is 23.1 Å². The topological polar surface area (TPSA) is 88.2 Å². The van der Waals surface area contributed by atoms with Crippen molar-refractivity contribution in [2.24, 2.45) is 0 Å². The molecule has 1 aromatic heterocycles. The van der Waals surface area contributed by atoms with Crippen LogP contribution in [0, 0.1) is 13.8 Å². The normalized spacial score (nSPS) is 11.3. The number of rotatable bonds is 4. The highest BCUT2D eigenvalue weighted by molar-refractivity contribution is 7.92. The Labute approximate surface area is 152 Å². The summed E-state index contributed by atoms with van der Waals surface area (Å²) in [5.74, 6) is -0.324. The lowest BCUT2D eigenvalue weighted by molar-refractivity contribution is 0.102. The van der Waals surface area contributed by atoms with Crippen molar-refractivity contribution in [3.63, 3.8) is 0 Å². The van der Waals surface area contributed by atoms with Gasteiger partial charge < -0.3 is 5.32 Å². The molecule has 3 aromatic rings. The molecule has 0 aliphatic carbocycles. The van der Waals surface area contributed by atoms with Gasteiger partial charge in [-0.25, -0.2) is 8.42 Å². The molecule has 2 aromatic carbocycles. The molecule has 0 unspecified atom stereocenters. The third kappa shape index (κ3) is 3.83. The van der Waals surface area contributed by atoms with Crippen LogP contribution in [0.15, 0.2) is 48.7 Å². The Morgan fingerprint density at radius 1 is 1.00 bits per heavy atom. The molecule has 0 radical (unpaired) electrons. The maximum atomic E-state index is 12.7. The summed E-state index contributed by atoms with van der Waals surface area (Å²) in [5.41, 5.74) is 3.98. The molecule has 2 N–H and O–H groups in total. The number of pyridine rings is 1. The van der Waals surface area contributed by atoms with Gasteiger partial charge in [0.1, 0.15) is 0 Å². The van der Waals surface area contributed by atoms with Crippen molar-refractivity contribution in [1.82, 2.24) is 4.98 Å². The second kappa shape index (κ2) is 6.76. The Bertz CT molecular complexity index is 1110. The summed E-state index contributed by atoms with van der Waals surface area (Å²) >= 11 is 0. The number of aryl methyl sites for hydroxylation is 2. The Balaban J connectivity index is 1.94. The zero-order valence-electron chi connectivity index (χ0n) is 14.7. The lowest BCUT2D eigenvalue weighted by Crippen LogP contribution is -2.15. The fourth-order valence-electron chi connectivity index (χ4n) is 2.69. The first kappa shape index (κ1) is 17.9. The number of benzene rings is 2. The first-order valence-electron chi connectivity index (χ1n) is 7.99. The second-order valence-corrected chi connectivity index (χ2v) is 7.94. The number of carbonyl (C=O) groups is 1. The summed E-state index contributed by atoms with van der Waals surface area (Å²) in [6.07, 6.45) is 2.79. The van der Waals surface area contributed by atoms with Crippen molar-refractivity contribution >= 4 is 38.2 Å². The van der Waals surface area contributed by atoms with Crippen LogP contribution in [0.5, 0.6) is 0 Å². The van der Waals surface area contributed by atoms with Crippen LogP contribution >= 0.6 is 0 Å². The predicted octanol–water partition coefficient (Wildman–Crippen LogP) is 3.48. The number of nitrogens with zero attached hydrogens (tertiary/aromatic N) is 1. The molecule has 6 nitrogen and oxygen atoms in total. The van der Waals surface area contributed by atoms with Crippen molar-refractivity contribution in [2.75, 3.05) is 16.3 Å². The molecule has 7 heteroatoms. The van der Waals surface area contributed by atoms with Gasteiger partial charge in [-0.05, 0) is 55.3 Å². The van der Waals surface area contributed by atoms with E-state index in [1.807, 2.05) is 31.2 Å². The molecule has 0 bridgehead atoms. The van der Waals surface area contributed by atoms with E-state index < -0.39 is 10.0 Å². The highest BCUT2D eigenvalue weighted by atomic mass is 32.2. The van der Waals surface area contributed by atoms with E-state index in [4.69, 9.17) is 0 Å². The van der Waals surface area contributed by atoms with Gasteiger partial charge >= 0.3 is 0 Å². The van der Waals surface area contributed by atoms with Crippen molar-refractivity contribution in [2.45, 2.75) is 13.8 Å². The maximum absolute atomic E-state index is 12.7. The molecule has 134 valence electrons. The number of hydrogen-bond acceptors (Lipinski definition) is 4. The smallest absolute Gasteiger partial charge is 0.255 e. The van der Waals surface area contributed by atoms with Crippen LogP contribution in [-0.4, -0.2) is 25.6 Å². The van der Waals surface area contributed by atoms with Gasteiger partial charge in [0.15, 0.2) is 0 Å². The molecule has 0 aliphatic heterocycles.